The molecule has 1 amide bonds. The SMILES string of the molecule is CC1CN(c2ncnc3c2c(C2CC2)cn3-c2cc(F)cc(F)c2)C(C)CN1C(=O)OC(C)(C)C. The number of carbonyl (C=O) groups is 1. The van der Waals surface area contributed by atoms with Gasteiger partial charge >= 0.3 is 6.09 Å². The summed E-state index contributed by atoms with van der Waals surface area (Å²) in [5.41, 5.74) is 1.54. The van der Waals surface area contributed by atoms with E-state index in [-0.39, 0.29) is 18.2 Å². The molecular weight excluding hydrogens is 452 g/mol. The number of carbonyl (C=O) groups excluding carboxylic acids is 1. The number of fused-ring (bicyclic) bond motifs is 1. The summed E-state index contributed by atoms with van der Waals surface area (Å²) in [5, 5.41) is 0.907. The predicted octanol–water partition coefficient (Wildman–Crippen LogP) is 5.41. The van der Waals surface area contributed by atoms with E-state index in [0.717, 1.165) is 35.7 Å². The normalized spacial score (nSPS) is 21.0. The molecule has 1 saturated carbocycles. The number of ether oxygens (including phenoxy) is 1. The maximum Gasteiger partial charge on any atom is 0.410 e. The fraction of sp³-hybridized carbons (Fsp3) is 0.500. The molecule has 7 nitrogen and oxygen atoms in total. The van der Waals surface area contributed by atoms with Crippen LogP contribution < -0.4 is 4.90 Å². The Labute approximate surface area is 203 Å². The third-order valence-corrected chi connectivity index (χ3v) is 6.62. The van der Waals surface area contributed by atoms with E-state index >= 15 is 0 Å². The minimum absolute atomic E-state index is 0.0150. The molecule has 0 N–H and O–H groups in total. The van der Waals surface area contributed by atoms with Gasteiger partial charge in [-0.1, -0.05) is 0 Å². The molecule has 1 aliphatic carbocycles. The molecule has 9 heteroatoms. The highest BCUT2D eigenvalue weighted by Gasteiger charge is 2.37. The number of aromatic nitrogens is 3. The van der Waals surface area contributed by atoms with Crippen molar-refractivity contribution in [1.29, 1.82) is 0 Å². The summed E-state index contributed by atoms with van der Waals surface area (Å²) in [7, 11) is 0. The van der Waals surface area contributed by atoms with E-state index in [0.29, 0.717) is 30.3 Å². The lowest BCUT2D eigenvalue weighted by atomic mass is 10.1. The van der Waals surface area contributed by atoms with Crippen LogP contribution in [0.5, 0.6) is 0 Å². The Bertz CT molecular complexity index is 1260. The Morgan fingerprint density at radius 1 is 1.03 bits per heavy atom. The van der Waals surface area contributed by atoms with Crippen molar-refractivity contribution in [2.24, 2.45) is 0 Å². The zero-order chi connectivity index (χ0) is 25.1. The topological polar surface area (TPSA) is 63.5 Å². The van der Waals surface area contributed by atoms with Crippen LogP contribution in [-0.2, 0) is 4.74 Å². The van der Waals surface area contributed by atoms with Crippen LogP contribution in [0.4, 0.5) is 19.4 Å². The molecule has 3 heterocycles. The van der Waals surface area contributed by atoms with Crippen LogP contribution >= 0.6 is 0 Å². The molecule has 35 heavy (non-hydrogen) atoms. The largest absolute Gasteiger partial charge is 0.444 e. The van der Waals surface area contributed by atoms with E-state index in [9.17, 15) is 13.6 Å². The highest BCUT2D eigenvalue weighted by molar-refractivity contribution is 5.93. The number of benzene rings is 1. The molecule has 1 aliphatic heterocycles. The van der Waals surface area contributed by atoms with Gasteiger partial charge in [0.2, 0.25) is 0 Å². The lowest BCUT2D eigenvalue weighted by Crippen LogP contribution is -2.59. The van der Waals surface area contributed by atoms with Gasteiger partial charge in [-0.15, -0.1) is 0 Å². The number of nitrogens with zero attached hydrogens (tertiary/aromatic N) is 5. The van der Waals surface area contributed by atoms with Gasteiger partial charge in [0.25, 0.3) is 0 Å². The third kappa shape index (κ3) is 4.56. The Morgan fingerprint density at radius 3 is 2.34 bits per heavy atom. The number of rotatable bonds is 3. The van der Waals surface area contributed by atoms with Gasteiger partial charge in [0, 0.05) is 37.4 Å². The smallest absolute Gasteiger partial charge is 0.410 e. The molecule has 3 aromatic rings. The molecule has 0 bridgehead atoms. The molecule has 2 aromatic heterocycles. The standard InChI is InChI=1S/C26H31F2N5O2/c1-15-12-32(25(34)35-26(3,4)5)16(2)11-31(15)23-22-21(17-6-7-17)13-33(24(22)30-14-29-23)20-9-18(27)8-19(28)10-20/h8-10,13-17H,6-7,11-12H2,1-5H3. The number of hydrogen-bond acceptors (Lipinski definition) is 5. The zero-order valence-corrected chi connectivity index (χ0v) is 20.8. The average Bonchev–Trinajstić information content (AvgIpc) is 3.52. The monoisotopic (exact) mass is 483 g/mol. The van der Waals surface area contributed by atoms with Crippen molar-refractivity contribution in [3.05, 3.63) is 47.9 Å². The Morgan fingerprint density at radius 2 is 1.71 bits per heavy atom. The van der Waals surface area contributed by atoms with Crippen molar-refractivity contribution in [2.75, 3.05) is 18.0 Å². The summed E-state index contributed by atoms with van der Waals surface area (Å²) in [5.74, 6) is -0.108. The van der Waals surface area contributed by atoms with Crippen LogP contribution in [0.2, 0.25) is 0 Å². The van der Waals surface area contributed by atoms with Gasteiger partial charge < -0.3 is 19.1 Å². The van der Waals surface area contributed by atoms with Gasteiger partial charge in [-0.25, -0.2) is 23.5 Å². The van der Waals surface area contributed by atoms with E-state index in [1.807, 2.05) is 33.9 Å². The van der Waals surface area contributed by atoms with Gasteiger partial charge in [-0.05, 0) is 71.1 Å². The molecular formula is C26H31F2N5O2. The lowest BCUT2D eigenvalue weighted by Gasteiger charge is -2.44. The molecule has 2 aliphatic rings. The molecule has 186 valence electrons. The number of anilines is 1. The van der Waals surface area contributed by atoms with Crippen molar-refractivity contribution < 1.29 is 18.3 Å². The molecule has 2 atom stereocenters. The highest BCUT2D eigenvalue weighted by atomic mass is 19.1. The van der Waals surface area contributed by atoms with Crippen LogP contribution in [0.1, 0.15) is 58.9 Å². The van der Waals surface area contributed by atoms with Gasteiger partial charge in [-0.3, -0.25) is 0 Å². The second-order valence-electron chi connectivity index (χ2n) is 10.7. The first-order chi connectivity index (χ1) is 16.5. The van der Waals surface area contributed by atoms with E-state index in [1.54, 1.807) is 9.47 Å². The molecule has 2 fully saturated rings. The van der Waals surface area contributed by atoms with Gasteiger partial charge in [0.1, 0.15) is 35.0 Å². The van der Waals surface area contributed by atoms with Crippen molar-refractivity contribution in [3.63, 3.8) is 0 Å². The number of hydrogen-bond donors (Lipinski definition) is 0. The lowest BCUT2D eigenvalue weighted by molar-refractivity contribution is 0.0130. The summed E-state index contributed by atoms with van der Waals surface area (Å²) in [6, 6.07) is 3.38. The molecule has 1 saturated heterocycles. The summed E-state index contributed by atoms with van der Waals surface area (Å²) >= 11 is 0. The van der Waals surface area contributed by atoms with Gasteiger partial charge in [0.15, 0.2) is 0 Å². The van der Waals surface area contributed by atoms with Crippen molar-refractivity contribution in [2.45, 2.75) is 71.1 Å². The Balaban J connectivity index is 1.54. The summed E-state index contributed by atoms with van der Waals surface area (Å²) in [6.45, 7) is 10.7. The third-order valence-electron chi connectivity index (χ3n) is 6.62. The first kappa shape index (κ1) is 23.5. The number of halogens is 2. The fourth-order valence-electron chi connectivity index (χ4n) is 4.87. The minimum atomic E-state index is -0.634. The summed E-state index contributed by atoms with van der Waals surface area (Å²) in [6.07, 6.45) is 5.24. The highest BCUT2D eigenvalue weighted by Crippen LogP contribution is 2.46. The van der Waals surface area contributed by atoms with Crippen LogP contribution in [0, 0.1) is 11.6 Å². The molecule has 2 unspecified atom stereocenters. The predicted molar refractivity (Wildman–Crippen MR) is 130 cm³/mol. The van der Waals surface area contributed by atoms with Crippen molar-refractivity contribution in [1.82, 2.24) is 19.4 Å². The van der Waals surface area contributed by atoms with Crippen molar-refractivity contribution >= 4 is 22.9 Å². The Kier molecular flexibility index (Phi) is 5.68. The summed E-state index contributed by atoms with van der Waals surface area (Å²) in [4.78, 5) is 26.0. The second kappa shape index (κ2) is 8.46. The van der Waals surface area contributed by atoms with Crippen LogP contribution in [0.15, 0.2) is 30.7 Å². The first-order valence-electron chi connectivity index (χ1n) is 12.1. The second-order valence-corrected chi connectivity index (χ2v) is 10.7. The molecule has 0 radical (unpaired) electrons. The maximum atomic E-state index is 14.0. The Hall–Kier alpha value is -3.23. The van der Waals surface area contributed by atoms with E-state index in [1.165, 1.54) is 18.5 Å². The van der Waals surface area contributed by atoms with E-state index < -0.39 is 17.2 Å². The molecule has 1 aromatic carbocycles. The van der Waals surface area contributed by atoms with E-state index in [2.05, 4.69) is 21.8 Å². The quantitative estimate of drug-likeness (QED) is 0.499. The van der Waals surface area contributed by atoms with Crippen molar-refractivity contribution in [3.8, 4) is 5.69 Å². The van der Waals surface area contributed by atoms with Gasteiger partial charge in [0.05, 0.1) is 11.1 Å². The maximum absolute atomic E-state index is 14.0. The minimum Gasteiger partial charge on any atom is -0.444 e. The first-order valence-corrected chi connectivity index (χ1v) is 12.1. The van der Waals surface area contributed by atoms with Crippen LogP contribution in [0.3, 0.4) is 0 Å². The number of piperazine rings is 1. The number of amides is 1. The van der Waals surface area contributed by atoms with E-state index in [4.69, 9.17) is 4.74 Å². The fourth-order valence-corrected chi connectivity index (χ4v) is 4.87. The van der Waals surface area contributed by atoms with Crippen LogP contribution in [0.25, 0.3) is 16.7 Å². The average molecular weight is 484 g/mol. The molecule has 0 spiro atoms. The zero-order valence-electron chi connectivity index (χ0n) is 20.8. The van der Waals surface area contributed by atoms with Crippen LogP contribution in [-0.4, -0.2) is 56.3 Å². The summed E-state index contributed by atoms with van der Waals surface area (Å²) < 4.78 is 35.4. The molecule has 5 rings (SSSR count). The van der Waals surface area contributed by atoms with Gasteiger partial charge in [-0.2, -0.15) is 0 Å².